The molecular formula is C13H18. The van der Waals surface area contributed by atoms with Gasteiger partial charge < -0.3 is 0 Å². The lowest BCUT2D eigenvalue weighted by Crippen LogP contribution is -1.94. The van der Waals surface area contributed by atoms with Crippen LogP contribution in [0.5, 0.6) is 0 Å². The van der Waals surface area contributed by atoms with Gasteiger partial charge in [-0.15, -0.1) is 0 Å². The molecule has 1 aromatic rings. The van der Waals surface area contributed by atoms with Crippen LogP contribution in [-0.4, -0.2) is 0 Å². The Balaban J connectivity index is 2.59. The van der Waals surface area contributed by atoms with Crippen LogP contribution >= 0.6 is 0 Å². The minimum atomic E-state index is 0.605. The van der Waals surface area contributed by atoms with Gasteiger partial charge in [0.25, 0.3) is 0 Å². The van der Waals surface area contributed by atoms with Gasteiger partial charge in [-0.2, -0.15) is 0 Å². The molecule has 1 unspecified atom stereocenters. The molecule has 0 heteroatoms. The summed E-state index contributed by atoms with van der Waals surface area (Å²) in [6.07, 6.45) is 2.21. The van der Waals surface area contributed by atoms with E-state index in [2.05, 4.69) is 50.8 Å². The molecule has 1 aromatic carbocycles. The second-order valence-corrected chi connectivity index (χ2v) is 3.62. The third-order valence-corrected chi connectivity index (χ3v) is 2.46. The van der Waals surface area contributed by atoms with Gasteiger partial charge in [-0.1, -0.05) is 56.3 Å². The molecule has 0 aliphatic heterocycles. The van der Waals surface area contributed by atoms with Gasteiger partial charge in [-0.3, -0.25) is 0 Å². The van der Waals surface area contributed by atoms with Crippen LogP contribution in [0.1, 0.15) is 38.2 Å². The first-order valence-corrected chi connectivity index (χ1v) is 4.95. The van der Waals surface area contributed by atoms with E-state index >= 15 is 0 Å². The van der Waals surface area contributed by atoms with Crippen LogP contribution in [0.15, 0.2) is 42.5 Å². The van der Waals surface area contributed by atoms with E-state index < -0.39 is 0 Å². The summed E-state index contributed by atoms with van der Waals surface area (Å²) in [7, 11) is 0. The van der Waals surface area contributed by atoms with E-state index in [9.17, 15) is 0 Å². The summed E-state index contributed by atoms with van der Waals surface area (Å²) >= 11 is 0. The normalized spacial score (nSPS) is 12.5. The predicted molar refractivity (Wildman–Crippen MR) is 58.9 cm³/mol. The van der Waals surface area contributed by atoms with E-state index in [-0.39, 0.29) is 0 Å². The van der Waals surface area contributed by atoms with Gasteiger partial charge in [-0.25, -0.2) is 0 Å². The molecule has 13 heavy (non-hydrogen) atoms. The van der Waals surface area contributed by atoms with Crippen LogP contribution in [0.2, 0.25) is 0 Å². The summed E-state index contributed by atoms with van der Waals surface area (Å²) in [4.78, 5) is 0. The Morgan fingerprint density at radius 1 is 1.31 bits per heavy atom. The standard InChI is InChI=1S/C13H18/c1-4-11(2)10-12(3)13-8-6-5-7-9-13/h5-9,12H,2,4,10H2,1,3H3. The van der Waals surface area contributed by atoms with Crippen LogP contribution in [-0.2, 0) is 0 Å². The molecule has 0 N–H and O–H groups in total. The molecule has 70 valence electrons. The molecule has 0 heterocycles. The van der Waals surface area contributed by atoms with Crippen molar-refractivity contribution in [3.05, 3.63) is 48.0 Å². The Morgan fingerprint density at radius 3 is 2.46 bits per heavy atom. The summed E-state index contributed by atoms with van der Waals surface area (Å²) in [5.41, 5.74) is 2.76. The first-order valence-electron chi connectivity index (χ1n) is 4.95. The lowest BCUT2D eigenvalue weighted by molar-refractivity contribution is 0.734. The fourth-order valence-corrected chi connectivity index (χ4v) is 1.48. The Hall–Kier alpha value is -1.04. The summed E-state index contributed by atoms with van der Waals surface area (Å²) in [5.74, 6) is 0.605. The van der Waals surface area contributed by atoms with Crippen molar-refractivity contribution in [1.29, 1.82) is 0 Å². The Bertz CT molecular complexity index is 259. The molecule has 0 fully saturated rings. The van der Waals surface area contributed by atoms with Gasteiger partial charge >= 0.3 is 0 Å². The van der Waals surface area contributed by atoms with Gasteiger partial charge in [0.2, 0.25) is 0 Å². The maximum atomic E-state index is 4.04. The highest BCUT2D eigenvalue weighted by molar-refractivity contribution is 5.20. The highest BCUT2D eigenvalue weighted by Gasteiger charge is 2.04. The molecule has 0 nitrogen and oxygen atoms in total. The number of hydrogen-bond acceptors (Lipinski definition) is 0. The predicted octanol–water partition coefficient (Wildman–Crippen LogP) is 4.15. The van der Waals surface area contributed by atoms with Crippen molar-refractivity contribution in [2.75, 3.05) is 0 Å². The van der Waals surface area contributed by atoms with E-state index in [0.29, 0.717) is 5.92 Å². The Labute approximate surface area is 81.3 Å². The number of rotatable bonds is 4. The maximum absolute atomic E-state index is 4.04. The monoisotopic (exact) mass is 174 g/mol. The number of hydrogen-bond donors (Lipinski definition) is 0. The smallest absolute Gasteiger partial charge is 0.0153 e. The second-order valence-electron chi connectivity index (χ2n) is 3.62. The minimum absolute atomic E-state index is 0.605. The first kappa shape index (κ1) is 10.0. The molecule has 0 saturated carbocycles. The molecule has 0 spiro atoms. The Kier molecular flexibility index (Phi) is 3.75. The average Bonchev–Trinajstić information content (AvgIpc) is 2.19. The molecule has 0 aliphatic rings. The quantitative estimate of drug-likeness (QED) is 0.602. The van der Waals surface area contributed by atoms with Crippen LogP contribution in [0.25, 0.3) is 0 Å². The average molecular weight is 174 g/mol. The lowest BCUT2D eigenvalue weighted by atomic mass is 9.93. The van der Waals surface area contributed by atoms with E-state index in [0.717, 1.165) is 12.8 Å². The molecule has 0 saturated heterocycles. The number of allylic oxidation sites excluding steroid dienone is 1. The zero-order valence-electron chi connectivity index (χ0n) is 8.59. The molecule has 0 bridgehead atoms. The zero-order chi connectivity index (χ0) is 9.68. The maximum Gasteiger partial charge on any atom is -0.0153 e. The SMILES string of the molecule is C=C(CC)CC(C)c1ccccc1. The first-order chi connectivity index (χ1) is 6.24. The largest absolute Gasteiger partial charge is 0.0999 e. The van der Waals surface area contributed by atoms with Crippen molar-refractivity contribution >= 4 is 0 Å². The Morgan fingerprint density at radius 2 is 1.92 bits per heavy atom. The highest BCUT2D eigenvalue weighted by Crippen LogP contribution is 2.22. The topological polar surface area (TPSA) is 0 Å². The summed E-state index contributed by atoms with van der Waals surface area (Å²) < 4.78 is 0. The number of benzene rings is 1. The summed E-state index contributed by atoms with van der Waals surface area (Å²) in [5, 5.41) is 0. The lowest BCUT2D eigenvalue weighted by Gasteiger charge is -2.12. The van der Waals surface area contributed by atoms with E-state index in [1.807, 2.05) is 0 Å². The molecule has 0 radical (unpaired) electrons. The van der Waals surface area contributed by atoms with Gasteiger partial charge in [0.15, 0.2) is 0 Å². The second kappa shape index (κ2) is 4.86. The van der Waals surface area contributed by atoms with Crippen molar-refractivity contribution < 1.29 is 0 Å². The van der Waals surface area contributed by atoms with Crippen molar-refractivity contribution in [1.82, 2.24) is 0 Å². The van der Waals surface area contributed by atoms with Gasteiger partial charge in [0.1, 0.15) is 0 Å². The minimum Gasteiger partial charge on any atom is -0.0999 e. The van der Waals surface area contributed by atoms with E-state index in [1.165, 1.54) is 11.1 Å². The molecule has 0 aromatic heterocycles. The van der Waals surface area contributed by atoms with E-state index in [4.69, 9.17) is 0 Å². The summed E-state index contributed by atoms with van der Waals surface area (Å²) in [6.45, 7) is 8.47. The van der Waals surface area contributed by atoms with Crippen LogP contribution in [0.3, 0.4) is 0 Å². The molecule has 1 atom stereocenters. The van der Waals surface area contributed by atoms with Crippen LogP contribution in [0, 0.1) is 0 Å². The van der Waals surface area contributed by atoms with E-state index in [1.54, 1.807) is 0 Å². The molecular weight excluding hydrogens is 156 g/mol. The fourth-order valence-electron chi connectivity index (χ4n) is 1.48. The van der Waals surface area contributed by atoms with Gasteiger partial charge in [0.05, 0.1) is 0 Å². The van der Waals surface area contributed by atoms with Gasteiger partial charge in [0, 0.05) is 0 Å². The third-order valence-electron chi connectivity index (χ3n) is 2.46. The van der Waals surface area contributed by atoms with Gasteiger partial charge in [-0.05, 0) is 24.3 Å². The highest BCUT2D eigenvalue weighted by atomic mass is 14.1. The van der Waals surface area contributed by atoms with Crippen molar-refractivity contribution in [3.63, 3.8) is 0 Å². The molecule has 1 rings (SSSR count). The van der Waals surface area contributed by atoms with Crippen molar-refractivity contribution in [2.45, 2.75) is 32.6 Å². The third kappa shape index (κ3) is 3.06. The molecule has 0 aliphatic carbocycles. The van der Waals surface area contributed by atoms with Crippen molar-refractivity contribution in [2.24, 2.45) is 0 Å². The van der Waals surface area contributed by atoms with Crippen molar-refractivity contribution in [3.8, 4) is 0 Å². The fraction of sp³-hybridized carbons (Fsp3) is 0.385. The zero-order valence-corrected chi connectivity index (χ0v) is 8.59. The van der Waals surface area contributed by atoms with Crippen LogP contribution < -0.4 is 0 Å². The molecule has 0 amide bonds. The summed E-state index contributed by atoms with van der Waals surface area (Å²) in [6, 6.07) is 10.6. The van der Waals surface area contributed by atoms with Crippen LogP contribution in [0.4, 0.5) is 0 Å².